The summed E-state index contributed by atoms with van der Waals surface area (Å²) in [5, 5.41) is 13.3. The Morgan fingerprint density at radius 3 is 2.12 bits per heavy atom. The largest absolute Gasteiger partial charge is 1.00 e. The zero-order valence-corrected chi connectivity index (χ0v) is 18.9. The average molecular weight is 371 g/mol. The van der Waals surface area contributed by atoms with E-state index in [2.05, 4.69) is 12.2 Å². The first kappa shape index (κ1) is 25.3. The first-order valence-corrected chi connectivity index (χ1v) is 9.78. The van der Waals surface area contributed by atoms with Crippen LogP contribution < -0.4 is 44.7 Å². The predicted octanol–water partition coefficient (Wildman–Crippen LogP) is 1.32. The second-order valence-electron chi connectivity index (χ2n) is 6.68. The molecule has 1 N–H and O–H groups in total. The second-order valence-corrected chi connectivity index (χ2v) is 6.68. The van der Waals surface area contributed by atoms with E-state index in [0.29, 0.717) is 0 Å². The Morgan fingerprint density at radius 2 is 1.58 bits per heavy atom. The minimum Gasteiger partial charge on any atom is -0.548 e. The molecule has 4 nitrogen and oxygen atoms in total. The second kappa shape index (κ2) is 16.5. The number of carboxylic acids is 1. The summed E-state index contributed by atoms with van der Waals surface area (Å²) >= 11 is 0. The molecule has 142 valence electrons. The molecule has 0 saturated heterocycles. The monoisotopic (exact) mass is 371 g/mol. The van der Waals surface area contributed by atoms with Crippen LogP contribution in [-0.4, -0.2) is 19.6 Å². The Bertz CT molecular complexity index is 494. The van der Waals surface area contributed by atoms with Crippen molar-refractivity contribution in [2.45, 2.75) is 77.6 Å². The molecule has 0 unspecified atom stereocenters. The molecule has 0 saturated carbocycles. The van der Waals surface area contributed by atoms with E-state index in [4.69, 9.17) is 4.74 Å². The number of rotatable bonds is 15. The number of carbonyl (C=O) groups excluding carboxylic acids is 1. The topological polar surface area (TPSA) is 61.4 Å². The average Bonchev–Trinajstić information content (AvgIpc) is 2.62. The van der Waals surface area contributed by atoms with Crippen molar-refractivity contribution in [1.29, 1.82) is 0 Å². The van der Waals surface area contributed by atoms with Gasteiger partial charge in [0.25, 0.3) is 0 Å². The number of carbonyl (C=O) groups is 1. The van der Waals surface area contributed by atoms with Crippen LogP contribution in [0.25, 0.3) is 0 Å². The van der Waals surface area contributed by atoms with Crippen molar-refractivity contribution >= 4 is 11.7 Å². The van der Waals surface area contributed by atoms with Crippen molar-refractivity contribution in [1.82, 2.24) is 0 Å². The number of methoxy groups -OCH3 is 1. The van der Waals surface area contributed by atoms with Gasteiger partial charge in [0.1, 0.15) is 5.75 Å². The molecule has 0 heterocycles. The molecule has 1 aromatic rings. The van der Waals surface area contributed by atoms with Crippen LogP contribution in [0.4, 0.5) is 5.69 Å². The first-order valence-electron chi connectivity index (χ1n) is 9.78. The summed E-state index contributed by atoms with van der Waals surface area (Å²) in [6.45, 7) is 2.06. The maximum Gasteiger partial charge on any atom is 1.00 e. The van der Waals surface area contributed by atoms with Gasteiger partial charge < -0.3 is 20.0 Å². The Kier molecular flexibility index (Phi) is 16.0. The fourth-order valence-corrected chi connectivity index (χ4v) is 3.04. The van der Waals surface area contributed by atoms with Gasteiger partial charge in [-0.2, -0.15) is 0 Å². The number of aryl methyl sites for hydroxylation is 1. The van der Waals surface area contributed by atoms with Gasteiger partial charge in [-0.3, -0.25) is 0 Å². The van der Waals surface area contributed by atoms with Crippen LogP contribution >= 0.6 is 0 Å². The molecule has 0 aliphatic heterocycles. The summed E-state index contributed by atoms with van der Waals surface area (Å²) < 4.78 is 5.43. The summed E-state index contributed by atoms with van der Waals surface area (Å²) in [6, 6.07) is 5.77. The summed E-state index contributed by atoms with van der Waals surface area (Å²) in [4.78, 5) is 10.5. The van der Waals surface area contributed by atoms with Gasteiger partial charge in [-0.15, -0.1) is 0 Å². The number of aliphatic carboxylic acids is 1. The third-order valence-electron chi connectivity index (χ3n) is 4.52. The minimum absolute atomic E-state index is 0. The summed E-state index contributed by atoms with van der Waals surface area (Å²) in [5.74, 6) is -0.298. The van der Waals surface area contributed by atoms with Crippen molar-refractivity contribution in [3.63, 3.8) is 0 Å². The fraction of sp³-hybridized carbons (Fsp3) is 0.667. The summed E-state index contributed by atoms with van der Waals surface area (Å²) in [5.41, 5.74) is 1.92. The molecule has 0 amide bonds. The van der Waals surface area contributed by atoms with Crippen molar-refractivity contribution in [2.24, 2.45) is 0 Å². The van der Waals surface area contributed by atoms with Gasteiger partial charge in [-0.1, -0.05) is 70.8 Å². The third-order valence-corrected chi connectivity index (χ3v) is 4.52. The smallest absolute Gasteiger partial charge is 0.548 e. The van der Waals surface area contributed by atoms with Gasteiger partial charge in [0.05, 0.1) is 19.6 Å². The quantitative estimate of drug-likeness (QED) is 0.373. The molecule has 0 aromatic heterocycles. The molecule has 0 aliphatic carbocycles. The molecule has 0 radical (unpaired) electrons. The zero-order chi connectivity index (χ0) is 18.3. The Labute approximate surface area is 181 Å². The van der Waals surface area contributed by atoms with E-state index in [1.807, 2.05) is 18.2 Å². The number of benzene rings is 1. The van der Waals surface area contributed by atoms with Crippen LogP contribution in [0, 0.1) is 0 Å². The molecule has 1 rings (SSSR count). The number of unbranched alkanes of at least 4 members (excludes halogenated alkanes) is 9. The Balaban J connectivity index is 0.00000625. The molecular weight excluding hydrogens is 337 g/mol. The van der Waals surface area contributed by atoms with Crippen LogP contribution in [0.1, 0.15) is 76.7 Å². The number of hydrogen-bond acceptors (Lipinski definition) is 4. The van der Waals surface area contributed by atoms with Crippen LogP contribution in [0.5, 0.6) is 5.75 Å². The van der Waals surface area contributed by atoms with Gasteiger partial charge in [0, 0.05) is 11.8 Å². The molecule has 0 aliphatic rings. The molecule has 1 aromatic carbocycles. The zero-order valence-electron chi connectivity index (χ0n) is 16.9. The fourth-order valence-electron chi connectivity index (χ4n) is 3.04. The number of nitrogens with one attached hydrogen (secondary N) is 1. The van der Waals surface area contributed by atoms with Gasteiger partial charge in [0.15, 0.2) is 0 Å². The van der Waals surface area contributed by atoms with Crippen molar-refractivity contribution < 1.29 is 44.2 Å². The third kappa shape index (κ3) is 11.8. The molecule has 26 heavy (non-hydrogen) atoms. The standard InChI is InChI=1S/C21H35NO3.Na/c1-3-4-5-6-7-8-9-10-11-12-13-18-14-15-19(16-20(18)25-2)22-17-21(23)24;/h14-16,22H,3-13,17H2,1-2H3,(H,23,24);/q;+1/p-1. The van der Waals surface area contributed by atoms with Crippen LogP contribution in [0.15, 0.2) is 18.2 Å². The van der Waals surface area contributed by atoms with Gasteiger partial charge in [-0.25, -0.2) is 0 Å². The number of ether oxygens (including phenoxy) is 1. The number of anilines is 1. The van der Waals surface area contributed by atoms with Gasteiger partial charge >= 0.3 is 29.6 Å². The Morgan fingerprint density at radius 1 is 1.00 bits per heavy atom. The van der Waals surface area contributed by atoms with E-state index < -0.39 is 5.97 Å². The Hall–Kier alpha value is -0.710. The maximum atomic E-state index is 10.5. The van der Waals surface area contributed by atoms with E-state index in [1.54, 1.807) is 7.11 Å². The van der Waals surface area contributed by atoms with E-state index in [-0.39, 0.29) is 36.1 Å². The maximum absolute atomic E-state index is 10.5. The molecular formula is C21H34NNaO3. The van der Waals surface area contributed by atoms with E-state index >= 15 is 0 Å². The van der Waals surface area contributed by atoms with Gasteiger partial charge in [-0.05, 0) is 24.5 Å². The van der Waals surface area contributed by atoms with Crippen molar-refractivity contribution in [3.8, 4) is 5.75 Å². The van der Waals surface area contributed by atoms with Crippen LogP contribution in [0.2, 0.25) is 0 Å². The van der Waals surface area contributed by atoms with Crippen LogP contribution in [0.3, 0.4) is 0 Å². The molecule has 5 heteroatoms. The summed E-state index contributed by atoms with van der Waals surface area (Å²) in [7, 11) is 1.65. The van der Waals surface area contributed by atoms with Crippen molar-refractivity contribution in [2.75, 3.05) is 19.0 Å². The number of hydrogen-bond donors (Lipinski definition) is 1. The number of carboxylic acid groups (broad SMARTS) is 1. The normalized spacial score (nSPS) is 10.2. The van der Waals surface area contributed by atoms with Gasteiger partial charge in [0.2, 0.25) is 0 Å². The van der Waals surface area contributed by atoms with Crippen molar-refractivity contribution in [3.05, 3.63) is 23.8 Å². The minimum atomic E-state index is -1.12. The van der Waals surface area contributed by atoms with E-state index in [9.17, 15) is 9.90 Å². The van der Waals surface area contributed by atoms with Crippen LogP contribution in [-0.2, 0) is 11.2 Å². The van der Waals surface area contributed by atoms with E-state index in [0.717, 1.165) is 24.3 Å². The van der Waals surface area contributed by atoms with E-state index in [1.165, 1.54) is 63.4 Å². The molecule has 0 fully saturated rings. The molecule has 0 spiro atoms. The predicted molar refractivity (Wildman–Crippen MR) is 102 cm³/mol. The molecule has 0 bridgehead atoms. The first-order chi connectivity index (χ1) is 12.2. The SMILES string of the molecule is CCCCCCCCCCCCc1ccc(NCC(=O)[O-])cc1OC.[Na+]. The molecule has 0 atom stereocenters. The summed E-state index contributed by atoms with van der Waals surface area (Å²) in [6.07, 6.45) is 14.3.